The minimum atomic E-state index is -0.411. The molecule has 0 aromatic heterocycles. The third-order valence-electron chi connectivity index (χ3n) is 4.60. The number of amides is 1. The third-order valence-corrected chi connectivity index (χ3v) is 4.60. The van der Waals surface area contributed by atoms with Gasteiger partial charge in [-0.1, -0.05) is 36.4 Å². The lowest BCUT2D eigenvalue weighted by molar-refractivity contribution is -0.127. The molecule has 1 heterocycles. The van der Waals surface area contributed by atoms with Gasteiger partial charge in [-0.2, -0.15) is 0 Å². The maximum atomic E-state index is 12.4. The number of carbonyl (C=O) groups excluding carboxylic acids is 1. The van der Waals surface area contributed by atoms with Gasteiger partial charge in [-0.25, -0.2) is 0 Å². The van der Waals surface area contributed by atoms with Gasteiger partial charge in [0.1, 0.15) is 11.5 Å². The van der Waals surface area contributed by atoms with Crippen molar-refractivity contribution in [1.82, 2.24) is 5.32 Å². The fourth-order valence-corrected chi connectivity index (χ4v) is 3.27. The van der Waals surface area contributed by atoms with Crippen LogP contribution in [0.2, 0.25) is 0 Å². The summed E-state index contributed by atoms with van der Waals surface area (Å²) in [4.78, 5) is 12.4. The summed E-state index contributed by atoms with van der Waals surface area (Å²) in [5.74, 6) is 2.02. The van der Waals surface area contributed by atoms with Crippen molar-refractivity contribution in [3.05, 3.63) is 59.7 Å². The molecule has 4 heteroatoms. The van der Waals surface area contributed by atoms with Crippen LogP contribution in [0.25, 0.3) is 0 Å². The van der Waals surface area contributed by atoms with Gasteiger partial charge in [0.2, 0.25) is 0 Å². The van der Waals surface area contributed by atoms with E-state index >= 15 is 0 Å². The van der Waals surface area contributed by atoms with Crippen molar-refractivity contribution in [3.63, 3.8) is 0 Å². The summed E-state index contributed by atoms with van der Waals surface area (Å²) < 4.78 is 11.2. The molecule has 2 aromatic carbocycles. The van der Waals surface area contributed by atoms with E-state index < -0.39 is 6.10 Å². The highest BCUT2D eigenvalue weighted by atomic mass is 16.5. The molecule has 4 nitrogen and oxygen atoms in total. The number of rotatable bonds is 4. The van der Waals surface area contributed by atoms with Crippen molar-refractivity contribution in [2.75, 3.05) is 7.11 Å². The lowest BCUT2D eigenvalue weighted by atomic mass is 10.1. The van der Waals surface area contributed by atoms with Crippen LogP contribution in [-0.2, 0) is 11.2 Å². The molecule has 23 heavy (non-hydrogen) atoms. The van der Waals surface area contributed by atoms with Crippen LogP contribution in [0.4, 0.5) is 0 Å². The van der Waals surface area contributed by atoms with Crippen LogP contribution in [0.3, 0.4) is 0 Å². The summed E-state index contributed by atoms with van der Waals surface area (Å²) in [5.41, 5.74) is 2.26. The predicted octanol–water partition coefficient (Wildman–Crippen LogP) is 2.67. The fraction of sp³-hybridized carbons (Fsp3) is 0.316. The molecule has 0 unspecified atom stereocenters. The molecule has 0 radical (unpaired) electrons. The molecule has 1 N–H and O–H groups in total. The van der Waals surface area contributed by atoms with E-state index in [0.29, 0.717) is 12.3 Å². The van der Waals surface area contributed by atoms with Crippen molar-refractivity contribution in [2.45, 2.75) is 30.9 Å². The second kappa shape index (κ2) is 5.61. The van der Waals surface area contributed by atoms with Crippen molar-refractivity contribution >= 4 is 5.91 Å². The lowest BCUT2D eigenvalue weighted by Crippen LogP contribution is -2.39. The highest BCUT2D eigenvalue weighted by Crippen LogP contribution is 2.44. The van der Waals surface area contributed by atoms with Crippen molar-refractivity contribution < 1.29 is 14.3 Å². The van der Waals surface area contributed by atoms with Crippen molar-refractivity contribution in [2.24, 2.45) is 0 Å². The minimum Gasteiger partial charge on any atom is -0.496 e. The molecule has 0 bridgehead atoms. The summed E-state index contributed by atoms with van der Waals surface area (Å²) in [6.45, 7) is 0. The Labute approximate surface area is 135 Å². The average Bonchev–Trinajstić information content (AvgIpc) is 3.20. The summed E-state index contributed by atoms with van der Waals surface area (Å²) in [5, 5.41) is 3.11. The molecule has 1 amide bonds. The molecular formula is C19H19NO3. The number of nitrogens with one attached hydrogen (secondary N) is 1. The SMILES string of the molecule is COc1ccccc1[C@@H]1C[C@H]1NC(=O)[C@H]1Cc2ccccc2O1. The Morgan fingerprint density at radius 3 is 2.78 bits per heavy atom. The lowest BCUT2D eigenvalue weighted by Gasteiger charge is -2.12. The number of para-hydroxylation sites is 2. The first-order valence-electron chi connectivity index (χ1n) is 7.94. The van der Waals surface area contributed by atoms with Crippen LogP contribution < -0.4 is 14.8 Å². The van der Waals surface area contributed by atoms with Crippen LogP contribution in [-0.4, -0.2) is 25.2 Å². The van der Waals surface area contributed by atoms with E-state index in [9.17, 15) is 4.79 Å². The second-order valence-corrected chi connectivity index (χ2v) is 6.12. The first-order chi connectivity index (χ1) is 11.3. The standard InChI is InChI=1S/C19H19NO3/c1-22-17-9-5-3-7-13(17)14-11-15(14)20-19(21)18-10-12-6-2-4-8-16(12)23-18/h2-9,14-15,18H,10-11H2,1H3,(H,20,21)/t14-,15+,18+/m0/s1. The van der Waals surface area contributed by atoms with Gasteiger partial charge in [0.05, 0.1) is 7.11 Å². The molecule has 1 aliphatic heterocycles. The van der Waals surface area contributed by atoms with Gasteiger partial charge in [0.25, 0.3) is 5.91 Å². The molecule has 1 aliphatic carbocycles. The van der Waals surface area contributed by atoms with E-state index in [1.807, 2.05) is 42.5 Å². The van der Waals surface area contributed by atoms with Gasteiger partial charge in [-0.15, -0.1) is 0 Å². The van der Waals surface area contributed by atoms with E-state index in [1.54, 1.807) is 7.11 Å². The van der Waals surface area contributed by atoms with Crippen LogP contribution in [0, 0.1) is 0 Å². The van der Waals surface area contributed by atoms with E-state index in [2.05, 4.69) is 11.4 Å². The third kappa shape index (κ3) is 2.65. The van der Waals surface area contributed by atoms with E-state index in [-0.39, 0.29) is 11.9 Å². The number of hydrogen-bond acceptors (Lipinski definition) is 3. The monoisotopic (exact) mass is 309 g/mol. The summed E-state index contributed by atoms with van der Waals surface area (Å²) in [6, 6.07) is 16.0. The Morgan fingerprint density at radius 1 is 1.17 bits per heavy atom. The van der Waals surface area contributed by atoms with Gasteiger partial charge in [-0.3, -0.25) is 4.79 Å². The van der Waals surface area contributed by atoms with Gasteiger partial charge in [-0.05, 0) is 29.7 Å². The zero-order valence-corrected chi connectivity index (χ0v) is 13.0. The summed E-state index contributed by atoms with van der Waals surface area (Å²) in [7, 11) is 1.68. The van der Waals surface area contributed by atoms with Gasteiger partial charge in [0, 0.05) is 18.4 Å². The highest BCUT2D eigenvalue weighted by molar-refractivity contribution is 5.83. The smallest absolute Gasteiger partial charge is 0.261 e. The number of fused-ring (bicyclic) bond motifs is 1. The normalized spacial score (nSPS) is 24.5. The van der Waals surface area contributed by atoms with Crippen LogP contribution in [0.15, 0.2) is 48.5 Å². The maximum Gasteiger partial charge on any atom is 0.261 e. The summed E-state index contributed by atoms with van der Waals surface area (Å²) in [6.07, 6.45) is 1.19. The fourth-order valence-electron chi connectivity index (χ4n) is 3.27. The maximum absolute atomic E-state index is 12.4. The number of ether oxygens (including phenoxy) is 2. The first-order valence-corrected chi connectivity index (χ1v) is 7.94. The molecular weight excluding hydrogens is 290 g/mol. The van der Waals surface area contributed by atoms with Crippen LogP contribution in [0.5, 0.6) is 11.5 Å². The van der Waals surface area contributed by atoms with Crippen LogP contribution >= 0.6 is 0 Å². The Hall–Kier alpha value is -2.49. The largest absolute Gasteiger partial charge is 0.496 e. The minimum absolute atomic E-state index is 0.0244. The Kier molecular flexibility index (Phi) is 3.45. The number of carbonyl (C=O) groups is 1. The number of hydrogen-bond donors (Lipinski definition) is 1. The Balaban J connectivity index is 1.38. The molecule has 1 saturated carbocycles. The molecule has 118 valence electrons. The second-order valence-electron chi connectivity index (χ2n) is 6.12. The molecule has 0 saturated heterocycles. The average molecular weight is 309 g/mol. The van der Waals surface area contributed by atoms with Gasteiger partial charge >= 0.3 is 0 Å². The van der Waals surface area contributed by atoms with Crippen LogP contribution in [0.1, 0.15) is 23.5 Å². The van der Waals surface area contributed by atoms with Crippen molar-refractivity contribution in [1.29, 1.82) is 0 Å². The van der Waals surface area contributed by atoms with Crippen molar-refractivity contribution in [3.8, 4) is 11.5 Å². The molecule has 0 spiro atoms. The molecule has 4 rings (SSSR count). The molecule has 2 aliphatic rings. The Morgan fingerprint density at radius 2 is 1.96 bits per heavy atom. The Bertz CT molecular complexity index is 718. The zero-order valence-electron chi connectivity index (χ0n) is 13.0. The molecule has 3 atom stereocenters. The van der Waals surface area contributed by atoms with E-state index in [1.165, 1.54) is 0 Å². The topological polar surface area (TPSA) is 47.6 Å². The van der Waals surface area contributed by atoms with Gasteiger partial charge < -0.3 is 14.8 Å². The quantitative estimate of drug-likeness (QED) is 0.944. The van der Waals surface area contributed by atoms with E-state index in [4.69, 9.17) is 9.47 Å². The molecule has 1 fully saturated rings. The number of methoxy groups -OCH3 is 1. The zero-order chi connectivity index (χ0) is 15.8. The summed E-state index contributed by atoms with van der Waals surface area (Å²) >= 11 is 0. The van der Waals surface area contributed by atoms with Gasteiger partial charge in [0.15, 0.2) is 6.10 Å². The van der Waals surface area contributed by atoms with E-state index in [0.717, 1.165) is 29.0 Å². The molecule has 2 aromatic rings. The first kappa shape index (κ1) is 14.1. The predicted molar refractivity (Wildman–Crippen MR) is 86.8 cm³/mol. The number of benzene rings is 2. The highest BCUT2D eigenvalue weighted by Gasteiger charge is 2.42.